The predicted molar refractivity (Wildman–Crippen MR) is 146 cm³/mol. The molecular formula is C27H40N8O. The summed E-state index contributed by atoms with van der Waals surface area (Å²) in [5, 5.41) is 3.21. The molecule has 3 aliphatic rings. The Kier molecular flexibility index (Phi) is 7.98. The third kappa shape index (κ3) is 5.56. The molecule has 1 aromatic rings. The summed E-state index contributed by atoms with van der Waals surface area (Å²) in [7, 11) is 3.52. The highest BCUT2D eigenvalue weighted by atomic mass is 16.2. The zero-order valence-electron chi connectivity index (χ0n) is 22.1. The maximum atomic E-state index is 12.9. The summed E-state index contributed by atoms with van der Waals surface area (Å²) in [6.07, 6.45) is 9.55. The maximum absolute atomic E-state index is 12.9. The van der Waals surface area contributed by atoms with Gasteiger partial charge in [0.15, 0.2) is 0 Å². The number of nitrogens with zero attached hydrogens (tertiary/aromatic N) is 6. The van der Waals surface area contributed by atoms with E-state index in [-0.39, 0.29) is 11.9 Å². The van der Waals surface area contributed by atoms with E-state index in [1.807, 2.05) is 23.2 Å². The minimum Gasteiger partial charge on any atom is -0.404 e. The molecule has 2 aliphatic heterocycles. The Balaban J connectivity index is 1.47. The van der Waals surface area contributed by atoms with E-state index in [1.54, 1.807) is 19.0 Å². The van der Waals surface area contributed by atoms with Crippen LogP contribution in [0.1, 0.15) is 39.5 Å². The Labute approximate surface area is 215 Å². The van der Waals surface area contributed by atoms with E-state index in [4.69, 9.17) is 10.7 Å². The summed E-state index contributed by atoms with van der Waals surface area (Å²) < 4.78 is 0. The molecule has 2 fully saturated rings. The van der Waals surface area contributed by atoms with Crippen LogP contribution in [0.3, 0.4) is 0 Å². The molecule has 4 rings (SSSR count). The molecule has 1 aliphatic carbocycles. The number of amides is 1. The van der Waals surface area contributed by atoms with Gasteiger partial charge < -0.3 is 25.8 Å². The highest BCUT2D eigenvalue weighted by Crippen LogP contribution is 2.34. The van der Waals surface area contributed by atoms with Crippen molar-refractivity contribution in [3.63, 3.8) is 0 Å². The van der Waals surface area contributed by atoms with Gasteiger partial charge in [-0.15, -0.1) is 0 Å². The molecule has 9 heteroatoms. The van der Waals surface area contributed by atoms with E-state index in [2.05, 4.69) is 46.6 Å². The summed E-state index contributed by atoms with van der Waals surface area (Å²) >= 11 is 0. The molecule has 0 atom stereocenters. The van der Waals surface area contributed by atoms with Gasteiger partial charge in [-0.05, 0) is 44.9 Å². The molecule has 194 valence electrons. The van der Waals surface area contributed by atoms with Crippen molar-refractivity contribution >= 4 is 23.2 Å². The first-order valence-corrected chi connectivity index (χ1v) is 12.9. The number of amidine groups is 1. The van der Waals surface area contributed by atoms with E-state index < -0.39 is 0 Å². The lowest BCUT2D eigenvalue weighted by molar-refractivity contribution is -0.126. The minimum atomic E-state index is -0.0588. The van der Waals surface area contributed by atoms with Crippen LogP contribution in [-0.2, 0) is 4.79 Å². The van der Waals surface area contributed by atoms with E-state index in [0.717, 1.165) is 63.1 Å². The van der Waals surface area contributed by atoms with Gasteiger partial charge >= 0.3 is 0 Å². The highest BCUT2D eigenvalue weighted by molar-refractivity contribution is 6.12. The Bertz CT molecular complexity index is 1040. The van der Waals surface area contributed by atoms with Crippen LogP contribution in [0.4, 0.5) is 11.5 Å². The largest absolute Gasteiger partial charge is 0.404 e. The van der Waals surface area contributed by atoms with Crippen molar-refractivity contribution in [1.82, 2.24) is 19.7 Å². The average molecular weight is 493 g/mol. The fourth-order valence-electron chi connectivity index (χ4n) is 5.15. The number of nitrogens with two attached hydrogens (primary N) is 1. The van der Waals surface area contributed by atoms with Crippen LogP contribution >= 0.6 is 0 Å². The standard InChI is InChI=1S/C27H40N8O/c1-19(2)33-12-14-34(15-13-33)23-10-11-25(29-18-23)30-20(3)31-26-21(17-28)16-24(27(36)32(4)5)35(26)22-8-6-7-9-22/h10-11,16-19,22H,3,6-9,12-15,28H2,1-2,4-5H3,(H,29,30)/b21-17-,31-26+. The van der Waals surface area contributed by atoms with Gasteiger partial charge in [-0.25, -0.2) is 9.98 Å². The SMILES string of the molecule is C=C(/N=C1\C(=C/N)C=C(C(=O)N(C)C)N1C1CCCC1)Nc1ccc(N2CCN(C(C)C)CC2)cn1. The monoisotopic (exact) mass is 492 g/mol. The Hall–Kier alpha value is -3.33. The van der Waals surface area contributed by atoms with Gasteiger partial charge in [-0.2, -0.15) is 0 Å². The average Bonchev–Trinajstić information content (AvgIpc) is 3.52. The first-order chi connectivity index (χ1) is 17.3. The van der Waals surface area contributed by atoms with Crippen LogP contribution in [0.15, 0.2) is 59.3 Å². The van der Waals surface area contributed by atoms with Crippen LogP contribution in [0, 0.1) is 0 Å². The van der Waals surface area contributed by atoms with Crippen molar-refractivity contribution in [3.8, 4) is 0 Å². The highest BCUT2D eigenvalue weighted by Gasteiger charge is 2.37. The number of piperazine rings is 1. The zero-order chi connectivity index (χ0) is 25.8. The molecule has 1 amide bonds. The van der Waals surface area contributed by atoms with Crippen LogP contribution in [0.25, 0.3) is 0 Å². The van der Waals surface area contributed by atoms with Gasteiger partial charge in [0.25, 0.3) is 5.91 Å². The van der Waals surface area contributed by atoms with E-state index in [0.29, 0.717) is 29.2 Å². The number of aliphatic imine (C=N–C) groups is 1. The summed E-state index contributed by atoms with van der Waals surface area (Å²) in [4.78, 5) is 30.8. The second kappa shape index (κ2) is 11.2. The van der Waals surface area contributed by atoms with Gasteiger partial charge in [0, 0.05) is 64.1 Å². The number of carbonyl (C=O) groups excluding carboxylic acids is 1. The smallest absolute Gasteiger partial charge is 0.270 e. The van der Waals surface area contributed by atoms with Crippen LogP contribution < -0.4 is 16.0 Å². The van der Waals surface area contributed by atoms with Gasteiger partial charge in [0.2, 0.25) is 0 Å². The van der Waals surface area contributed by atoms with Crippen LogP contribution in [-0.4, -0.2) is 83.8 Å². The minimum absolute atomic E-state index is 0.0588. The molecule has 3 N–H and O–H groups in total. The topological polar surface area (TPSA) is 93.3 Å². The number of aromatic nitrogens is 1. The Morgan fingerprint density at radius 1 is 1.22 bits per heavy atom. The van der Waals surface area contributed by atoms with Gasteiger partial charge in [0.1, 0.15) is 23.2 Å². The quantitative estimate of drug-likeness (QED) is 0.604. The molecule has 0 radical (unpaired) electrons. The summed E-state index contributed by atoms with van der Waals surface area (Å²) in [6, 6.07) is 4.84. The number of pyridine rings is 1. The maximum Gasteiger partial charge on any atom is 0.270 e. The molecule has 1 saturated carbocycles. The Morgan fingerprint density at radius 2 is 1.92 bits per heavy atom. The lowest BCUT2D eigenvalue weighted by Gasteiger charge is -2.38. The van der Waals surface area contributed by atoms with Crippen LogP contribution in [0.2, 0.25) is 0 Å². The molecule has 0 aromatic carbocycles. The fraction of sp³-hybridized carbons (Fsp3) is 0.519. The lowest BCUT2D eigenvalue weighted by Crippen LogP contribution is -2.48. The lowest BCUT2D eigenvalue weighted by atomic mass is 10.2. The van der Waals surface area contributed by atoms with Crippen molar-refractivity contribution in [2.24, 2.45) is 10.7 Å². The third-order valence-corrected chi connectivity index (χ3v) is 7.20. The number of rotatable bonds is 7. The van der Waals surface area contributed by atoms with Gasteiger partial charge in [-0.3, -0.25) is 9.69 Å². The predicted octanol–water partition coefficient (Wildman–Crippen LogP) is 2.97. The molecule has 36 heavy (non-hydrogen) atoms. The van der Waals surface area contributed by atoms with Crippen LogP contribution in [0.5, 0.6) is 0 Å². The molecule has 1 saturated heterocycles. The first-order valence-electron chi connectivity index (χ1n) is 12.9. The number of hydrogen-bond acceptors (Lipinski definition) is 7. The van der Waals surface area contributed by atoms with Crippen molar-refractivity contribution < 1.29 is 4.79 Å². The third-order valence-electron chi connectivity index (χ3n) is 7.20. The number of hydrogen-bond donors (Lipinski definition) is 2. The number of anilines is 2. The summed E-state index contributed by atoms with van der Waals surface area (Å²) in [6.45, 7) is 12.7. The normalized spacial score (nSPS) is 21.5. The summed E-state index contributed by atoms with van der Waals surface area (Å²) in [5.74, 6) is 1.73. The van der Waals surface area contributed by atoms with Crippen molar-refractivity contribution in [3.05, 3.63) is 54.3 Å². The fourth-order valence-corrected chi connectivity index (χ4v) is 5.15. The van der Waals surface area contributed by atoms with E-state index >= 15 is 0 Å². The van der Waals surface area contributed by atoms with E-state index in [9.17, 15) is 4.79 Å². The molecule has 0 unspecified atom stereocenters. The summed E-state index contributed by atoms with van der Waals surface area (Å²) in [5.41, 5.74) is 8.40. The molecule has 0 spiro atoms. The number of likely N-dealkylation sites (N-methyl/N-ethyl adjacent to an activating group) is 1. The molecule has 1 aromatic heterocycles. The van der Waals surface area contributed by atoms with Gasteiger partial charge in [0.05, 0.1) is 11.9 Å². The second-order valence-corrected chi connectivity index (χ2v) is 10.2. The first kappa shape index (κ1) is 25.8. The van der Waals surface area contributed by atoms with Crippen molar-refractivity contribution in [1.29, 1.82) is 0 Å². The zero-order valence-corrected chi connectivity index (χ0v) is 22.1. The van der Waals surface area contributed by atoms with Crippen molar-refractivity contribution in [2.45, 2.75) is 51.6 Å². The molecule has 3 heterocycles. The number of carbonyl (C=O) groups is 1. The number of nitrogens with one attached hydrogen (secondary N) is 1. The molecule has 0 bridgehead atoms. The van der Waals surface area contributed by atoms with E-state index in [1.165, 1.54) is 6.20 Å². The Morgan fingerprint density at radius 3 is 2.47 bits per heavy atom. The second-order valence-electron chi connectivity index (χ2n) is 10.2. The molecule has 9 nitrogen and oxygen atoms in total. The van der Waals surface area contributed by atoms with Gasteiger partial charge in [-0.1, -0.05) is 19.4 Å². The van der Waals surface area contributed by atoms with Crippen molar-refractivity contribution in [2.75, 3.05) is 50.5 Å². The molecular weight excluding hydrogens is 452 g/mol.